The van der Waals surface area contributed by atoms with Gasteiger partial charge in [0.2, 0.25) is 0 Å². The van der Waals surface area contributed by atoms with E-state index in [1.54, 1.807) is 13.0 Å². The number of carbonyl (C=O) groups excluding carboxylic acids is 1. The second-order valence-electron chi connectivity index (χ2n) is 4.67. The molecule has 1 aliphatic rings. The Morgan fingerprint density at radius 1 is 1.32 bits per heavy atom. The third-order valence-corrected chi connectivity index (χ3v) is 3.64. The van der Waals surface area contributed by atoms with Gasteiger partial charge in [-0.25, -0.2) is 4.79 Å². The molecule has 2 rings (SSSR count). The number of hydrogen-bond donors (Lipinski definition) is 0. The highest BCUT2D eigenvalue weighted by atomic mass is 35.5. The van der Waals surface area contributed by atoms with Crippen LogP contribution >= 0.6 is 11.6 Å². The Kier molecular flexibility index (Phi) is 4.66. The molecule has 0 amide bonds. The van der Waals surface area contributed by atoms with Gasteiger partial charge in [0.25, 0.3) is 0 Å². The number of rotatable bonds is 3. The Morgan fingerprint density at radius 2 is 2.00 bits per heavy atom. The molecule has 0 aliphatic carbocycles. The fraction of sp³-hybridized carbons (Fsp3) is 0.500. The topological polar surface area (TPSA) is 32.8 Å². The summed E-state index contributed by atoms with van der Waals surface area (Å²) in [6.07, 6.45) is 0. The lowest BCUT2D eigenvalue weighted by Gasteiger charge is -2.34. The Hall–Kier alpha value is -1.26. The first-order valence-corrected chi connectivity index (χ1v) is 6.89. The molecule has 5 heteroatoms. The quantitative estimate of drug-likeness (QED) is 0.796. The van der Waals surface area contributed by atoms with Gasteiger partial charge in [0, 0.05) is 31.9 Å². The van der Waals surface area contributed by atoms with Crippen molar-refractivity contribution in [2.24, 2.45) is 0 Å². The molecule has 1 aromatic carbocycles. The van der Waals surface area contributed by atoms with Crippen molar-refractivity contribution in [1.29, 1.82) is 0 Å². The van der Waals surface area contributed by atoms with Gasteiger partial charge in [0.05, 0.1) is 17.2 Å². The summed E-state index contributed by atoms with van der Waals surface area (Å²) in [5.41, 5.74) is 1.47. The molecule has 0 N–H and O–H groups in total. The Bertz CT molecular complexity index is 457. The van der Waals surface area contributed by atoms with Crippen molar-refractivity contribution in [3.05, 3.63) is 28.8 Å². The molecular formula is C14H19ClN2O2. The second-order valence-corrected chi connectivity index (χ2v) is 5.08. The zero-order valence-corrected chi connectivity index (χ0v) is 12.1. The number of piperazine rings is 1. The minimum Gasteiger partial charge on any atom is -0.462 e. The number of anilines is 1. The molecule has 0 atom stereocenters. The van der Waals surface area contributed by atoms with Gasteiger partial charge < -0.3 is 14.5 Å². The predicted molar refractivity (Wildman–Crippen MR) is 77.1 cm³/mol. The van der Waals surface area contributed by atoms with Gasteiger partial charge in [-0.1, -0.05) is 11.6 Å². The van der Waals surface area contributed by atoms with E-state index in [1.165, 1.54) is 0 Å². The summed E-state index contributed by atoms with van der Waals surface area (Å²) in [5, 5.41) is 0.441. The summed E-state index contributed by atoms with van der Waals surface area (Å²) in [6, 6.07) is 5.55. The van der Waals surface area contributed by atoms with Crippen LogP contribution in [0.5, 0.6) is 0 Å². The Labute approximate surface area is 118 Å². The molecule has 1 heterocycles. The number of esters is 1. The number of ether oxygens (including phenoxy) is 1. The predicted octanol–water partition coefficient (Wildman–Crippen LogP) is 2.27. The van der Waals surface area contributed by atoms with E-state index in [9.17, 15) is 4.79 Å². The average Bonchev–Trinajstić information content (AvgIpc) is 2.40. The summed E-state index contributed by atoms with van der Waals surface area (Å²) in [6.45, 7) is 6.11. The first-order valence-electron chi connectivity index (χ1n) is 6.52. The molecule has 19 heavy (non-hydrogen) atoms. The van der Waals surface area contributed by atoms with Gasteiger partial charge in [-0.05, 0) is 32.2 Å². The van der Waals surface area contributed by atoms with Crippen LogP contribution in [0.25, 0.3) is 0 Å². The van der Waals surface area contributed by atoms with Crippen molar-refractivity contribution < 1.29 is 9.53 Å². The average molecular weight is 283 g/mol. The number of benzene rings is 1. The molecule has 4 nitrogen and oxygen atoms in total. The standard InChI is InChI=1S/C14H19ClN2O2/c1-3-19-14(18)12-10-11(4-5-13(12)15)17-8-6-16(2)7-9-17/h4-5,10H,3,6-9H2,1-2H3. The van der Waals surface area contributed by atoms with Gasteiger partial charge in [0.15, 0.2) is 0 Å². The van der Waals surface area contributed by atoms with E-state index in [-0.39, 0.29) is 5.97 Å². The largest absolute Gasteiger partial charge is 0.462 e. The summed E-state index contributed by atoms with van der Waals surface area (Å²) in [7, 11) is 2.11. The van der Waals surface area contributed by atoms with Crippen molar-refractivity contribution in [3.63, 3.8) is 0 Å². The highest BCUT2D eigenvalue weighted by molar-refractivity contribution is 6.33. The van der Waals surface area contributed by atoms with Crippen LogP contribution in [0.1, 0.15) is 17.3 Å². The fourth-order valence-corrected chi connectivity index (χ4v) is 2.33. The molecule has 1 saturated heterocycles. The number of carbonyl (C=O) groups is 1. The minimum atomic E-state index is -0.358. The van der Waals surface area contributed by atoms with Crippen LogP contribution in [0.4, 0.5) is 5.69 Å². The maximum Gasteiger partial charge on any atom is 0.339 e. The van der Waals surface area contributed by atoms with E-state index in [4.69, 9.17) is 16.3 Å². The van der Waals surface area contributed by atoms with Gasteiger partial charge in [-0.2, -0.15) is 0 Å². The molecule has 1 aromatic rings. The van der Waals surface area contributed by atoms with Crippen LogP contribution in [-0.4, -0.2) is 50.7 Å². The van der Waals surface area contributed by atoms with Crippen molar-refractivity contribution in [3.8, 4) is 0 Å². The lowest BCUT2D eigenvalue weighted by molar-refractivity contribution is 0.0526. The number of halogens is 1. The third-order valence-electron chi connectivity index (χ3n) is 3.31. The van der Waals surface area contributed by atoms with Crippen molar-refractivity contribution >= 4 is 23.3 Å². The second kappa shape index (κ2) is 6.26. The molecule has 0 radical (unpaired) electrons. The van der Waals surface area contributed by atoms with Crippen molar-refractivity contribution in [2.75, 3.05) is 44.7 Å². The van der Waals surface area contributed by atoms with E-state index >= 15 is 0 Å². The number of hydrogen-bond acceptors (Lipinski definition) is 4. The first kappa shape index (κ1) is 14.2. The maximum atomic E-state index is 11.8. The first-order chi connectivity index (χ1) is 9.11. The normalized spacial score (nSPS) is 16.5. The van der Waals surface area contributed by atoms with Gasteiger partial charge >= 0.3 is 5.97 Å². The van der Waals surface area contributed by atoms with Gasteiger partial charge in [0.1, 0.15) is 0 Å². The number of likely N-dealkylation sites (N-methyl/N-ethyl adjacent to an activating group) is 1. The summed E-state index contributed by atoms with van der Waals surface area (Å²) >= 11 is 6.06. The van der Waals surface area contributed by atoms with Gasteiger partial charge in [-0.15, -0.1) is 0 Å². The molecule has 0 aromatic heterocycles. The van der Waals surface area contributed by atoms with Crippen molar-refractivity contribution in [2.45, 2.75) is 6.92 Å². The van der Waals surface area contributed by atoms with Crippen LogP contribution < -0.4 is 4.90 Å². The highest BCUT2D eigenvalue weighted by Crippen LogP contribution is 2.24. The minimum absolute atomic E-state index is 0.355. The van der Waals surface area contributed by atoms with E-state index in [0.717, 1.165) is 31.9 Å². The number of nitrogens with zero attached hydrogens (tertiary/aromatic N) is 2. The highest BCUT2D eigenvalue weighted by Gasteiger charge is 2.18. The van der Waals surface area contributed by atoms with E-state index in [1.807, 2.05) is 12.1 Å². The van der Waals surface area contributed by atoms with Crippen LogP contribution in [-0.2, 0) is 4.74 Å². The van der Waals surface area contributed by atoms with Crippen molar-refractivity contribution in [1.82, 2.24) is 4.90 Å². The van der Waals surface area contributed by atoms with Crippen LogP contribution in [0.15, 0.2) is 18.2 Å². The lowest BCUT2D eigenvalue weighted by atomic mass is 10.1. The Balaban J connectivity index is 2.18. The lowest BCUT2D eigenvalue weighted by Crippen LogP contribution is -2.44. The SMILES string of the molecule is CCOC(=O)c1cc(N2CCN(C)CC2)ccc1Cl. The maximum absolute atomic E-state index is 11.8. The molecule has 1 aliphatic heterocycles. The molecule has 104 valence electrons. The summed E-state index contributed by atoms with van der Waals surface area (Å²) in [5.74, 6) is -0.358. The fourth-order valence-electron chi connectivity index (χ4n) is 2.14. The van der Waals surface area contributed by atoms with E-state index < -0.39 is 0 Å². The Morgan fingerprint density at radius 3 is 2.63 bits per heavy atom. The van der Waals surface area contributed by atoms with Crippen LogP contribution in [0, 0.1) is 0 Å². The summed E-state index contributed by atoms with van der Waals surface area (Å²) in [4.78, 5) is 16.4. The summed E-state index contributed by atoms with van der Waals surface area (Å²) < 4.78 is 5.02. The zero-order chi connectivity index (χ0) is 13.8. The smallest absolute Gasteiger partial charge is 0.339 e. The molecule has 0 spiro atoms. The molecule has 0 unspecified atom stereocenters. The molecule has 0 bridgehead atoms. The molecule has 1 fully saturated rings. The molecular weight excluding hydrogens is 264 g/mol. The monoisotopic (exact) mass is 282 g/mol. The van der Waals surface area contributed by atoms with Crippen LogP contribution in [0.3, 0.4) is 0 Å². The van der Waals surface area contributed by atoms with Gasteiger partial charge in [-0.3, -0.25) is 0 Å². The van der Waals surface area contributed by atoms with E-state index in [2.05, 4.69) is 16.8 Å². The molecule has 0 saturated carbocycles. The zero-order valence-electron chi connectivity index (χ0n) is 11.4. The van der Waals surface area contributed by atoms with E-state index in [0.29, 0.717) is 17.2 Å². The van der Waals surface area contributed by atoms with Crippen LogP contribution in [0.2, 0.25) is 5.02 Å². The third kappa shape index (κ3) is 3.39.